The monoisotopic (exact) mass is 1110 g/mol. The molecule has 0 N–H and O–H groups in total. The first-order chi connectivity index (χ1) is 42.4. The van der Waals surface area contributed by atoms with Gasteiger partial charge in [-0.25, -0.2) is 18.7 Å². The third-order valence-corrected chi connectivity index (χ3v) is 16.6. The Kier molecular flexibility index (Phi) is 13.4. The topological polar surface area (TPSA) is 73.7 Å². The Labute approximate surface area is 501 Å². The fraction of sp³-hybridized carbons (Fsp3) is 0.139. The summed E-state index contributed by atoms with van der Waals surface area (Å²) >= 11 is 0. The lowest BCUT2D eigenvalue weighted by molar-refractivity contribution is -0.658. The standard InChI is InChI=1S/C24H23BN3O.2C24H22BN2O/c1-16-12-23(27(4)14-20(16)18-8-6-5-7-9-18)28-15-21-19-11-10-17(2)26-24(19)29-22(21)13-25(28)3;1-17-15-26(3)24(13-20(17)18-9-5-4-6-10-18)27-16-23-21(14-25(27)2)19-11-7-8-12-22(19)28-23;1-17-13-24(26(3)15-21(17)18-9-5-4-6-10-18)27-16-23-20(14-25(27)2)19-11-7-8-12-22(19)28-23/h5-15H,1-4H3;2*4-16H,1-3H3/q3*+1/i;1D3;. The van der Waals surface area contributed by atoms with Gasteiger partial charge >= 0.3 is 20.5 Å². The van der Waals surface area contributed by atoms with Crippen LogP contribution in [-0.4, -0.2) is 25.5 Å². The number of aryl methyl sites for hydroxylation is 7. The van der Waals surface area contributed by atoms with Crippen molar-refractivity contribution in [3.8, 4) is 33.4 Å². The van der Waals surface area contributed by atoms with E-state index in [9.17, 15) is 0 Å². The summed E-state index contributed by atoms with van der Waals surface area (Å²) in [5.41, 5.74) is 15.5. The molecule has 0 fully saturated rings. The van der Waals surface area contributed by atoms with Crippen LogP contribution in [0.1, 0.15) is 26.5 Å². The van der Waals surface area contributed by atoms with E-state index < -0.39 is 6.85 Å². The van der Waals surface area contributed by atoms with Crippen LogP contribution in [0.25, 0.3) is 103 Å². The van der Waals surface area contributed by atoms with Gasteiger partial charge in [0.2, 0.25) is 5.71 Å². The molecule has 10 heterocycles. The molecular weight excluding hydrogens is 1040 g/mol. The van der Waals surface area contributed by atoms with E-state index in [4.69, 9.17) is 17.4 Å². The van der Waals surface area contributed by atoms with Crippen LogP contribution in [0.5, 0.6) is 0 Å². The number of hydrogen-bond acceptors (Lipinski definition) is 7. The first-order valence-electron chi connectivity index (χ1n) is 30.5. The van der Waals surface area contributed by atoms with Gasteiger partial charge in [-0.15, -0.1) is 0 Å². The van der Waals surface area contributed by atoms with Gasteiger partial charge in [0.05, 0.1) is 56.5 Å². The summed E-state index contributed by atoms with van der Waals surface area (Å²) in [6.45, 7) is 11.2. The maximum atomic E-state index is 8.05. The molecule has 0 radical (unpaired) electrons. The van der Waals surface area contributed by atoms with Crippen molar-refractivity contribution in [2.75, 3.05) is 14.4 Å². The molecule has 13 heteroatoms. The van der Waals surface area contributed by atoms with Gasteiger partial charge in [-0.05, 0) is 117 Å². The summed E-state index contributed by atoms with van der Waals surface area (Å²) < 4.78 is 48.7. The number of anilines is 3. The van der Waals surface area contributed by atoms with Crippen LogP contribution in [0.2, 0.25) is 20.5 Å². The van der Waals surface area contributed by atoms with Gasteiger partial charge in [0.15, 0.2) is 10.8 Å². The molecule has 414 valence electrons. The quantitative estimate of drug-likeness (QED) is 0.121. The van der Waals surface area contributed by atoms with Crippen molar-refractivity contribution in [2.45, 2.75) is 48.1 Å². The molecule has 3 aliphatic heterocycles. The largest absolute Gasteiger partial charge is 0.452 e. The maximum absolute atomic E-state index is 8.05. The first kappa shape index (κ1) is 50.8. The molecule has 0 saturated heterocycles. The molecule has 0 saturated carbocycles. The van der Waals surface area contributed by atoms with Gasteiger partial charge in [-0.1, -0.05) is 139 Å². The summed E-state index contributed by atoms with van der Waals surface area (Å²) in [6, 6.07) is 57.6. The van der Waals surface area contributed by atoms with Gasteiger partial charge in [0.25, 0.3) is 17.5 Å². The predicted octanol–water partition coefficient (Wildman–Crippen LogP) is 10.00. The lowest BCUT2D eigenvalue weighted by Crippen LogP contribution is -2.47. The molecule has 0 spiro atoms. The number of benzene rings is 5. The maximum Gasteiger partial charge on any atom is 0.405 e. The second-order valence-corrected chi connectivity index (χ2v) is 22.6. The van der Waals surface area contributed by atoms with E-state index in [0.717, 1.165) is 77.3 Å². The second-order valence-electron chi connectivity index (χ2n) is 22.6. The third-order valence-electron chi connectivity index (χ3n) is 16.6. The predicted molar refractivity (Wildman–Crippen MR) is 351 cm³/mol. The van der Waals surface area contributed by atoms with Gasteiger partial charge < -0.3 is 13.3 Å². The lowest BCUT2D eigenvalue weighted by atomic mass is 9.61. The molecule has 7 aromatic heterocycles. The smallest absolute Gasteiger partial charge is 0.405 e. The minimum Gasteiger partial charge on any atom is -0.452 e. The number of furan rings is 3. The number of hydrogen-bond donors (Lipinski definition) is 0. The lowest BCUT2D eigenvalue weighted by Gasteiger charge is -2.20. The Balaban J connectivity index is 0.000000122. The number of para-hydroxylation sites is 2. The van der Waals surface area contributed by atoms with E-state index in [0.29, 0.717) is 16.8 Å². The Hall–Kier alpha value is -9.87. The highest BCUT2D eigenvalue weighted by molar-refractivity contribution is 6.78. The Morgan fingerprint density at radius 1 is 0.412 bits per heavy atom. The average molecular weight is 1110 g/mol. The normalized spacial score (nSPS) is 13.9. The summed E-state index contributed by atoms with van der Waals surface area (Å²) in [7, 11) is 6.10. The van der Waals surface area contributed by atoms with Gasteiger partial charge in [0, 0.05) is 60.3 Å². The Morgan fingerprint density at radius 3 is 1.35 bits per heavy atom. The molecule has 0 unspecified atom stereocenters. The van der Waals surface area contributed by atoms with Crippen LogP contribution in [0.4, 0.5) is 17.5 Å². The van der Waals surface area contributed by atoms with E-state index in [-0.39, 0.29) is 20.5 Å². The Bertz CT molecular complexity index is 5090. The molecule has 0 bridgehead atoms. The van der Waals surface area contributed by atoms with Crippen LogP contribution in [0.15, 0.2) is 202 Å². The van der Waals surface area contributed by atoms with Crippen LogP contribution < -0.4 is 60.0 Å². The molecule has 85 heavy (non-hydrogen) atoms. The number of fused-ring (bicyclic) bond motifs is 9. The fourth-order valence-corrected chi connectivity index (χ4v) is 12.2. The zero-order chi connectivity index (χ0) is 61.1. The SMILES string of the molecule is CB1C=c2c(oc3ccccc23)=CN1c1cc(C)c(-c2ccccc2)c[n+]1C.CB1C=c2oc3nc(C)ccc3c2=CN1c1cc(C)c(-c2ccccc2)c[n+]1C.[2H]C([2H])([2H])c1c[n+](C)c(N2C=c3oc4ccccc4c3=CB2C)cc1-c1ccccc1. The van der Waals surface area contributed by atoms with E-state index >= 15 is 0 Å². The van der Waals surface area contributed by atoms with Gasteiger partial charge in [-0.3, -0.25) is 14.4 Å². The van der Waals surface area contributed by atoms with Crippen molar-refractivity contribution in [3.63, 3.8) is 0 Å². The van der Waals surface area contributed by atoms with E-state index in [1.54, 1.807) is 6.20 Å². The van der Waals surface area contributed by atoms with Crippen LogP contribution in [-0.2, 0) is 21.1 Å². The molecule has 5 aromatic carbocycles. The molecule has 15 rings (SSSR count). The zero-order valence-corrected chi connectivity index (χ0v) is 49.4. The van der Waals surface area contributed by atoms with Crippen molar-refractivity contribution < 1.29 is 31.1 Å². The van der Waals surface area contributed by atoms with Crippen LogP contribution in [0, 0.1) is 27.6 Å². The summed E-state index contributed by atoms with van der Waals surface area (Å²) in [5.74, 6) is 9.84. The Morgan fingerprint density at radius 2 is 0.847 bits per heavy atom. The van der Waals surface area contributed by atoms with Crippen molar-refractivity contribution in [1.29, 1.82) is 0 Å². The molecule has 10 nitrogen and oxygen atoms in total. The highest BCUT2D eigenvalue weighted by Gasteiger charge is 2.33. The molecule has 0 amide bonds. The van der Waals surface area contributed by atoms with Gasteiger partial charge in [0.1, 0.15) is 29.0 Å². The molecule has 0 aliphatic carbocycles. The molecule has 0 atom stereocenters. The van der Waals surface area contributed by atoms with E-state index in [2.05, 4.69) is 217 Å². The van der Waals surface area contributed by atoms with Crippen molar-refractivity contribution >= 4 is 108 Å². The minimum absolute atomic E-state index is 0.0712. The third kappa shape index (κ3) is 10.3. The van der Waals surface area contributed by atoms with Crippen molar-refractivity contribution in [3.05, 3.63) is 243 Å². The highest BCUT2D eigenvalue weighted by Crippen LogP contribution is 2.30. The number of aromatic nitrogens is 4. The average Bonchev–Trinajstić information content (AvgIpc) is 1.80. The minimum atomic E-state index is -2.21. The number of nitrogens with zero attached hydrogens (tertiary/aromatic N) is 7. The number of pyridine rings is 4. The van der Waals surface area contributed by atoms with Crippen molar-refractivity contribution in [2.24, 2.45) is 21.1 Å². The highest BCUT2D eigenvalue weighted by atomic mass is 16.3. The van der Waals surface area contributed by atoms with E-state index in [1.165, 1.54) is 44.0 Å². The zero-order valence-electron chi connectivity index (χ0n) is 52.4. The number of rotatable bonds is 6. The molecular formula is C72H67B3N7O3+3. The fourth-order valence-electron chi connectivity index (χ4n) is 12.2. The van der Waals surface area contributed by atoms with Crippen molar-refractivity contribution in [1.82, 2.24) is 4.98 Å². The van der Waals surface area contributed by atoms with Gasteiger partial charge in [-0.2, -0.15) is 0 Å². The molecule has 3 aliphatic rings. The second kappa shape index (κ2) is 22.4. The summed E-state index contributed by atoms with van der Waals surface area (Å²) in [6.07, 6.45) is 12.5. The first-order valence-corrected chi connectivity index (χ1v) is 29.0. The summed E-state index contributed by atoms with van der Waals surface area (Å²) in [4.78, 5) is 11.3. The van der Waals surface area contributed by atoms with Crippen LogP contribution >= 0.6 is 0 Å². The summed E-state index contributed by atoms with van der Waals surface area (Å²) in [5, 5.41) is 6.73. The van der Waals surface area contributed by atoms with E-state index in [1.807, 2.05) is 97.5 Å². The molecule has 12 aromatic rings. The van der Waals surface area contributed by atoms with Crippen LogP contribution in [0.3, 0.4) is 0 Å².